The lowest BCUT2D eigenvalue weighted by Gasteiger charge is -2.12. The molecule has 0 amide bonds. The van der Waals surface area contributed by atoms with Crippen LogP contribution < -0.4 is 0 Å². The van der Waals surface area contributed by atoms with Gasteiger partial charge in [0.25, 0.3) is 0 Å². The van der Waals surface area contributed by atoms with Crippen molar-refractivity contribution >= 4 is 115 Å². The highest BCUT2D eigenvalue weighted by atomic mass is 16.3. The van der Waals surface area contributed by atoms with Gasteiger partial charge in [0.1, 0.15) is 11.1 Å². The van der Waals surface area contributed by atoms with E-state index >= 15 is 0 Å². The van der Waals surface area contributed by atoms with Crippen molar-refractivity contribution in [2.45, 2.75) is 0 Å². The number of benzene rings is 8. The molecule has 6 heteroatoms. The fourth-order valence-electron chi connectivity index (χ4n) is 9.95. The smallest absolute Gasteiger partial charge is 0.237 e. The van der Waals surface area contributed by atoms with Crippen molar-refractivity contribution in [2.24, 2.45) is 0 Å². The number of hydrogen-bond donors (Lipinski definition) is 0. The highest BCUT2D eigenvalue weighted by Gasteiger charge is 2.28. The van der Waals surface area contributed by atoms with E-state index in [2.05, 4.69) is 165 Å². The fraction of sp³-hybridized carbons (Fsp3) is 0. The summed E-state index contributed by atoms with van der Waals surface area (Å²) < 4.78 is 13.9. The van der Waals surface area contributed by atoms with Gasteiger partial charge < -0.3 is 8.82 Å². The first kappa shape index (κ1) is 28.8. The van der Waals surface area contributed by atoms with Crippen LogP contribution in [0.3, 0.4) is 0 Å². The molecule has 0 unspecified atom stereocenters. The first-order valence-electron chi connectivity index (χ1n) is 19.0. The third kappa shape index (κ3) is 3.39. The summed E-state index contributed by atoms with van der Waals surface area (Å²) >= 11 is 0. The van der Waals surface area contributed by atoms with Gasteiger partial charge in [-0.1, -0.05) is 115 Å². The Bertz CT molecular complexity index is 4010. The molecule has 0 saturated carbocycles. The monoisotopic (exact) mass is 713 g/mol. The number of rotatable bonds is 2. The summed E-state index contributed by atoms with van der Waals surface area (Å²) in [4.78, 5) is 11.1. The molecule has 0 aliphatic rings. The predicted molar refractivity (Wildman–Crippen MR) is 230 cm³/mol. The van der Waals surface area contributed by atoms with Gasteiger partial charge in [0, 0.05) is 48.5 Å². The molecule has 8 aromatic carbocycles. The van der Waals surface area contributed by atoms with Crippen LogP contribution in [0.15, 0.2) is 168 Å². The van der Waals surface area contributed by atoms with Gasteiger partial charge in [-0.05, 0) is 59.3 Å². The molecule has 0 aliphatic carbocycles. The number of nitrogens with zero attached hydrogens (tertiary/aromatic N) is 5. The topological polar surface area (TPSA) is 53.2 Å². The van der Waals surface area contributed by atoms with E-state index in [1.807, 2.05) is 12.1 Å². The SMILES string of the molecule is c1ccc2c(c1)ccc1c2c2ccccc2n1-c1nc(-n2c3ccccc3c3cc4c5ccccc5n5c6ccccc6c(c32)c45)c2oc3ccccc3c2n1. The third-order valence-corrected chi connectivity index (χ3v) is 12.2. The minimum Gasteiger partial charge on any atom is -0.450 e. The molecule has 0 atom stereocenters. The Morgan fingerprint density at radius 2 is 0.964 bits per heavy atom. The number of hydrogen-bond acceptors (Lipinski definition) is 3. The molecule has 0 radical (unpaired) electrons. The molecule has 6 heterocycles. The maximum absolute atomic E-state index is 6.84. The Balaban J connectivity index is 1.22. The molecule has 0 N–H and O–H groups in total. The summed E-state index contributed by atoms with van der Waals surface area (Å²) in [5.41, 5.74) is 10.1. The van der Waals surface area contributed by atoms with Crippen LogP contribution >= 0.6 is 0 Å². The molecule has 0 saturated heterocycles. The van der Waals surface area contributed by atoms with Crippen LogP contribution in [0.2, 0.25) is 0 Å². The van der Waals surface area contributed by atoms with Gasteiger partial charge in [-0.15, -0.1) is 0 Å². The normalized spacial score (nSPS) is 12.6. The average Bonchev–Trinajstić information content (AvgIpc) is 4.05. The highest BCUT2D eigenvalue weighted by Crippen LogP contribution is 2.47. The van der Waals surface area contributed by atoms with Crippen molar-refractivity contribution in [1.29, 1.82) is 0 Å². The lowest BCUT2D eigenvalue weighted by Crippen LogP contribution is -2.06. The van der Waals surface area contributed by atoms with Crippen molar-refractivity contribution < 1.29 is 4.42 Å². The quantitative estimate of drug-likeness (QED) is 0.179. The van der Waals surface area contributed by atoms with Crippen LogP contribution in [0.1, 0.15) is 0 Å². The number of para-hydroxylation sites is 5. The fourth-order valence-corrected chi connectivity index (χ4v) is 9.95. The lowest BCUT2D eigenvalue weighted by atomic mass is 10.0. The molecule has 6 nitrogen and oxygen atoms in total. The molecular weight excluding hydrogens is 687 g/mol. The van der Waals surface area contributed by atoms with E-state index in [0.717, 1.165) is 43.9 Å². The van der Waals surface area contributed by atoms with E-state index in [4.69, 9.17) is 14.4 Å². The van der Waals surface area contributed by atoms with Gasteiger partial charge in [0.15, 0.2) is 11.4 Å². The summed E-state index contributed by atoms with van der Waals surface area (Å²) in [6, 6.07) is 58.5. The third-order valence-electron chi connectivity index (χ3n) is 12.2. The Morgan fingerprint density at radius 3 is 1.75 bits per heavy atom. The standard InChI is InChI=1S/C50H27N5O/c1-2-14-29-28(13-1)25-26-41-43(29)32-17-5-11-23-40(32)54(41)50-51-45-34-19-7-12-24-42(34)56-48(45)49(52-50)55-38-21-9-4-16-31(38)36-27-35-30-15-3-8-20-37(30)53-39-22-10-6-18-33(39)44(46(35)53)47(36)55/h1-27H. The Morgan fingerprint density at radius 1 is 0.393 bits per heavy atom. The van der Waals surface area contributed by atoms with Gasteiger partial charge in [-0.3, -0.25) is 9.13 Å². The highest BCUT2D eigenvalue weighted by molar-refractivity contribution is 6.34. The van der Waals surface area contributed by atoms with Crippen molar-refractivity contribution in [1.82, 2.24) is 23.5 Å². The number of furan rings is 1. The Hall–Kier alpha value is -7.70. The summed E-state index contributed by atoms with van der Waals surface area (Å²) in [7, 11) is 0. The zero-order valence-electron chi connectivity index (χ0n) is 29.7. The second-order valence-corrected chi connectivity index (χ2v) is 14.9. The van der Waals surface area contributed by atoms with Crippen LogP contribution in [0.25, 0.3) is 126 Å². The van der Waals surface area contributed by atoms with Crippen molar-refractivity contribution in [2.75, 3.05) is 0 Å². The second kappa shape index (κ2) is 10.1. The van der Waals surface area contributed by atoms with E-state index < -0.39 is 0 Å². The lowest BCUT2D eigenvalue weighted by molar-refractivity contribution is 0.661. The molecule has 14 rings (SSSR count). The van der Waals surface area contributed by atoms with Crippen LogP contribution in [0.4, 0.5) is 0 Å². The predicted octanol–water partition coefficient (Wildman–Crippen LogP) is 12.9. The summed E-state index contributed by atoms with van der Waals surface area (Å²) in [5, 5.41) is 13.0. The summed E-state index contributed by atoms with van der Waals surface area (Å²) in [6.45, 7) is 0. The molecule has 0 fully saturated rings. The summed E-state index contributed by atoms with van der Waals surface area (Å²) in [6.07, 6.45) is 0. The molecule has 0 aliphatic heterocycles. The van der Waals surface area contributed by atoms with Crippen LogP contribution in [-0.4, -0.2) is 23.5 Å². The largest absolute Gasteiger partial charge is 0.450 e. The minimum atomic E-state index is 0.596. The van der Waals surface area contributed by atoms with E-state index in [-0.39, 0.29) is 0 Å². The molecule has 0 spiro atoms. The zero-order chi connectivity index (χ0) is 36.2. The first-order chi connectivity index (χ1) is 27.8. The Labute approximate surface area is 317 Å². The molecule has 258 valence electrons. The Kier molecular flexibility index (Phi) is 5.18. The molecular formula is C50H27N5O. The molecule has 14 aromatic rings. The van der Waals surface area contributed by atoms with Gasteiger partial charge >= 0.3 is 0 Å². The first-order valence-corrected chi connectivity index (χ1v) is 19.0. The molecule has 0 bridgehead atoms. The number of fused-ring (bicyclic) bond motifs is 18. The molecule has 6 aromatic heterocycles. The van der Waals surface area contributed by atoms with E-state index in [1.54, 1.807) is 0 Å². The van der Waals surface area contributed by atoms with Crippen LogP contribution in [0, 0.1) is 0 Å². The molecule has 56 heavy (non-hydrogen) atoms. The summed E-state index contributed by atoms with van der Waals surface area (Å²) in [5.74, 6) is 1.31. The zero-order valence-corrected chi connectivity index (χ0v) is 29.7. The van der Waals surface area contributed by atoms with Crippen molar-refractivity contribution in [3.8, 4) is 11.8 Å². The van der Waals surface area contributed by atoms with E-state index in [1.165, 1.54) is 65.0 Å². The van der Waals surface area contributed by atoms with E-state index in [0.29, 0.717) is 17.3 Å². The van der Waals surface area contributed by atoms with Gasteiger partial charge in [0.05, 0.1) is 38.6 Å². The van der Waals surface area contributed by atoms with Gasteiger partial charge in [-0.2, -0.15) is 4.98 Å². The maximum Gasteiger partial charge on any atom is 0.237 e. The van der Waals surface area contributed by atoms with Crippen molar-refractivity contribution in [3.63, 3.8) is 0 Å². The van der Waals surface area contributed by atoms with Crippen LogP contribution in [-0.2, 0) is 0 Å². The van der Waals surface area contributed by atoms with Crippen LogP contribution in [0.5, 0.6) is 0 Å². The maximum atomic E-state index is 6.84. The van der Waals surface area contributed by atoms with Gasteiger partial charge in [0.2, 0.25) is 5.95 Å². The average molecular weight is 714 g/mol. The van der Waals surface area contributed by atoms with Gasteiger partial charge in [-0.25, -0.2) is 4.98 Å². The van der Waals surface area contributed by atoms with E-state index in [9.17, 15) is 0 Å². The minimum absolute atomic E-state index is 0.596. The van der Waals surface area contributed by atoms with Crippen molar-refractivity contribution in [3.05, 3.63) is 164 Å². The number of aromatic nitrogens is 5. The second-order valence-electron chi connectivity index (χ2n) is 14.9.